The minimum Gasteiger partial charge on any atom is -0.356 e. The number of nitrogens with one attached hydrogen (secondary N) is 1. The van der Waals surface area contributed by atoms with E-state index in [1.807, 2.05) is 0 Å². The number of pyridine rings is 1. The zero-order valence-electron chi connectivity index (χ0n) is 10.9. The van der Waals surface area contributed by atoms with Crippen molar-refractivity contribution in [1.82, 2.24) is 14.7 Å². The first-order valence-corrected chi connectivity index (χ1v) is 6.21. The van der Waals surface area contributed by atoms with E-state index in [2.05, 4.69) is 10.3 Å². The molecule has 0 fully saturated rings. The van der Waals surface area contributed by atoms with Gasteiger partial charge < -0.3 is 9.72 Å². The Bertz CT molecular complexity index is 619. The number of hydrogen-bond acceptors (Lipinski definition) is 2. The van der Waals surface area contributed by atoms with Gasteiger partial charge >= 0.3 is 6.18 Å². The zero-order valence-corrected chi connectivity index (χ0v) is 10.9. The number of rotatable bonds is 4. The van der Waals surface area contributed by atoms with Crippen molar-refractivity contribution in [2.24, 2.45) is 0 Å². The van der Waals surface area contributed by atoms with E-state index in [9.17, 15) is 18.0 Å². The van der Waals surface area contributed by atoms with Crippen LogP contribution < -0.4 is 5.32 Å². The Morgan fingerprint density at radius 1 is 1.35 bits per heavy atom. The number of carbonyl (C=O) groups is 1. The van der Waals surface area contributed by atoms with Crippen molar-refractivity contribution in [1.29, 1.82) is 0 Å². The van der Waals surface area contributed by atoms with Gasteiger partial charge in [-0.05, 0) is 12.1 Å². The number of fused-ring (bicyclic) bond motifs is 1. The molecule has 108 valence electrons. The summed E-state index contributed by atoms with van der Waals surface area (Å²) in [6, 6.07) is 2.34. The van der Waals surface area contributed by atoms with Gasteiger partial charge in [0.2, 0.25) is 5.91 Å². The van der Waals surface area contributed by atoms with Gasteiger partial charge in [0.15, 0.2) is 0 Å². The lowest BCUT2D eigenvalue weighted by atomic mass is 10.3. The quantitative estimate of drug-likeness (QED) is 0.937. The van der Waals surface area contributed by atoms with Crippen molar-refractivity contribution in [3.05, 3.63) is 35.8 Å². The lowest BCUT2D eigenvalue weighted by Gasteiger charge is -2.05. The molecule has 0 saturated carbocycles. The molecule has 0 atom stereocenters. The number of imidazole rings is 1. The summed E-state index contributed by atoms with van der Waals surface area (Å²) in [5.41, 5.74) is 0.379. The van der Waals surface area contributed by atoms with Gasteiger partial charge in [0, 0.05) is 31.8 Å². The van der Waals surface area contributed by atoms with E-state index in [0.717, 1.165) is 12.3 Å². The summed E-state index contributed by atoms with van der Waals surface area (Å²) in [7, 11) is 0. The maximum atomic E-state index is 12.6. The molecular formula is C13H14F3N3O. The number of amides is 1. The lowest BCUT2D eigenvalue weighted by Crippen LogP contribution is -2.24. The van der Waals surface area contributed by atoms with Crippen LogP contribution in [0.25, 0.3) is 5.65 Å². The van der Waals surface area contributed by atoms with Gasteiger partial charge in [0.1, 0.15) is 5.65 Å². The summed E-state index contributed by atoms with van der Waals surface area (Å²) in [5.74, 6) is -0.0619. The molecular weight excluding hydrogens is 271 g/mol. The second kappa shape index (κ2) is 5.52. The summed E-state index contributed by atoms with van der Waals surface area (Å²) >= 11 is 0. The number of aromatic nitrogens is 2. The molecule has 0 unspecified atom stereocenters. The highest BCUT2D eigenvalue weighted by Gasteiger charge is 2.30. The predicted octanol–water partition coefficient (Wildman–Crippen LogP) is 2.42. The van der Waals surface area contributed by atoms with Gasteiger partial charge in [0.05, 0.1) is 11.3 Å². The molecule has 0 bridgehead atoms. The number of halogens is 3. The fourth-order valence-electron chi connectivity index (χ4n) is 1.79. The lowest BCUT2D eigenvalue weighted by molar-refractivity contribution is -0.137. The SMILES string of the molecule is CCC(=O)NCCc1cn2cc(C(F)(F)F)ccc2n1. The van der Waals surface area contributed by atoms with Gasteiger partial charge in [0.25, 0.3) is 0 Å². The van der Waals surface area contributed by atoms with E-state index < -0.39 is 11.7 Å². The smallest absolute Gasteiger partial charge is 0.356 e. The van der Waals surface area contributed by atoms with Crippen LogP contribution in [0.1, 0.15) is 24.6 Å². The van der Waals surface area contributed by atoms with Crippen LogP contribution in [0.5, 0.6) is 0 Å². The molecule has 0 radical (unpaired) electrons. The molecule has 2 heterocycles. The Labute approximate surface area is 113 Å². The fourth-order valence-corrected chi connectivity index (χ4v) is 1.79. The highest BCUT2D eigenvalue weighted by Crippen LogP contribution is 2.29. The highest BCUT2D eigenvalue weighted by molar-refractivity contribution is 5.75. The topological polar surface area (TPSA) is 46.4 Å². The van der Waals surface area contributed by atoms with Gasteiger partial charge in [-0.1, -0.05) is 6.92 Å². The Hall–Kier alpha value is -2.05. The molecule has 0 spiro atoms. The number of hydrogen-bond donors (Lipinski definition) is 1. The first kappa shape index (κ1) is 14.4. The first-order valence-electron chi connectivity index (χ1n) is 6.21. The average molecular weight is 285 g/mol. The molecule has 2 rings (SSSR count). The highest BCUT2D eigenvalue weighted by atomic mass is 19.4. The molecule has 0 aromatic carbocycles. The monoisotopic (exact) mass is 285 g/mol. The van der Waals surface area contributed by atoms with Crippen LogP contribution >= 0.6 is 0 Å². The van der Waals surface area contributed by atoms with Crippen LogP contribution in [0.4, 0.5) is 13.2 Å². The Morgan fingerprint density at radius 3 is 2.75 bits per heavy atom. The standard InChI is InChI=1S/C13H14F3N3O/c1-2-12(20)17-6-5-10-8-19-7-9(13(14,15)16)3-4-11(19)18-10/h3-4,7-8H,2,5-6H2,1H3,(H,17,20). The third kappa shape index (κ3) is 3.28. The molecule has 0 aliphatic carbocycles. The summed E-state index contributed by atoms with van der Waals surface area (Å²) in [4.78, 5) is 15.3. The van der Waals surface area contributed by atoms with Gasteiger partial charge in [-0.3, -0.25) is 4.79 Å². The first-order chi connectivity index (χ1) is 9.40. The van der Waals surface area contributed by atoms with E-state index in [1.165, 1.54) is 10.5 Å². The minimum atomic E-state index is -4.37. The van der Waals surface area contributed by atoms with Crippen LogP contribution in [0.3, 0.4) is 0 Å². The van der Waals surface area contributed by atoms with E-state index in [0.29, 0.717) is 30.7 Å². The number of carbonyl (C=O) groups excluding carboxylic acids is 1. The Balaban J connectivity index is 2.11. The zero-order chi connectivity index (χ0) is 14.8. The van der Waals surface area contributed by atoms with E-state index in [-0.39, 0.29) is 5.91 Å². The number of alkyl halides is 3. The van der Waals surface area contributed by atoms with E-state index >= 15 is 0 Å². The van der Waals surface area contributed by atoms with Crippen LogP contribution in [-0.4, -0.2) is 21.8 Å². The summed E-state index contributed by atoms with van der Waals surface area (Å²) in [6.07, 6.45) is -0.929. The molecule has 2 aromatic heterocycles. The predicted molar refractivity (Wildman–Crippen MR) is 67.2 cm³/mol. The molecule has 20 heavy (non-hydrogen) atoms. The number of nitrogens with zero attached hydrogens (tertiary/aromatic N) is 2. The molecule has 1 amide bonds. The largest absolute Gasteiger partial charge is 0.417 e. The maximum Gasteiger partial charge on any atom is 0.417 e. The van der Waals surface area contributed by atoms with Crippen molar-refractivity contribution < 1.29 is 18.0 Å². The summed E-state index contributed by atoms with van der Waals surface area (Å²) < 4.78 is 39.1. The molecule has 0 saturated heterocycles. The minimum absolute atomic E-state index is 0.0619. The van der Waals surface area contributed by atoms with Crippen molar-refractivity contribution in [2.75, 3.05) is 6.54 Å². The van der Waals surface area contributed by atoms with Crippen molar-refractivity contribution in [2.45, 2.75) is 25.9 Å². The van der Waals surface area contributed by atoms with Crippen LogP contribution in [0.15, 0.2) is 24.5 Å². The third-order valence-electron chi connectivity index (χ3n) is 2.85. The van der Waals surface area contributed by atoms with E-state index in [1.54, 1.807) is 13.1 Å². The van der Waals surface area contributed by atoms with Gasteiger partial charge in [-0.15, -0.1) is 0 Å². The molecule has 0 aliphatic heterocycles. The van der Waals surface area contributed by atoms with Gasteiger partial charge in [-0.2, -0.15) is 13.2 Å². The molecule has 4 nitrogen and oxygen atoms in total. The second-order valence-corrected chi connectivity index (χ2v) is 4.37. The molecule has 7 heteroatoms. The molecule has 0 aliphatic rings. The van der Waals surface area contributed by atoms with Crippen LogP contribution in [0.2, 0.25) is 0 Å². The molecule has 2 aromatic rings. The van der Waals surface area contributed by atoms with Crippen LogP contribution in [-0.2, 0) is 17.4 Å². The van der Waals surface area contributed by atoms with Crippen molar-refractivity contribution in [3.63, 3.8) is 0 Å². The third-order valence-corrected chi connectivity index (χ3v) is 2.85. The van der Waals surface area contributed by atoms with Crippen molar-refractivity contribution in [3.8, 4) is 0 Å². The fraction of sp³-hybridized carbons (Fsp3) is 0.385. The molecule has 1 N–H and O–H groups in total. The Morgan fingerprint density at radius 2 is 2.10 bits per heavy atom. The van der Waals surface area contributed by atoms with Crippen molar-refractivity contribution >= 4 is 11.6 Å². The maximum absolute atomic E-state index is 12.6. The average Bonchev–Trinajstić information content (AvgIpc) is 2.78. The van der Waals surface area contributed by atoms with E-state index in [4.69, 9.17) is 0 Å². The van der Waals surface area contributed by atoms with Gasteiger partial charge in [-0.25, -0.2) is 4.98 Å². The second-order valence-electron chi connectivity index (χ2n) is 4.37. The summed E-state index contributed by atoms with van der Waals surface area (Å²) in [6.45, 7) is 2.17. The van der Waals surface area contributed by atoms with Crippen LogP contribution in [0, 0.1) is 0 Å². The Kier molecular flexibility index (Phi) is 3.96. The summed E-state index contributed by atoms with van der Waals surface area (Å²) in [5, 5.41) is 2.69. The normalized spacial score (nSPS) is 11.8.